The van der Waals surface area contributed by atoms with E-state index in [1.54, 1.807) is 19.1 Å². The largest absolute Gasteiger partial charge is 0.497 e. The van der Waals surface area contributed by atoms with Crippen molar-refractivity contribution >= 4 is 5.91 Å². The first-order chi connectivity index (χ1) is 12.5. The molecule has 0 heterocycles. The van der Waals surface area contributed by atoms with Gasteiger partial charge >= 0.3 is 0 Å². The third kappa shape index (κ3) is 4.99. The molecule has 5 heteroatoms. The number of methoxy groups -OCH3 is 2. The van der Waals surface area contributed by atoms with Crippen LogP contribution in [0.25, 0.3) is 0 Å². The molecule has 0 aliphatic carbocycles. The summed E-state index contributed by atoms with van der Waals surface area (Å²) in [6.07, 6.45) is 0. The number of carbonyl (C=O) groups excluding carboxylic acids is 1. The zero-order chi connectivity index (χ0) is 19.1. The molecule has 0 saturated carbocycles. The number of quaternary nitrogens is 1. The van der Waals surface area contributed by atoms with Crippen molar-refractivity contribution < 1.29 is 19.2 Å². The standard InChI is InChI=1S/C21H28N2O3/c1-16(21(24)23(3)14-17-9-7-6-8-10-17)22(2)15-18-11-12-19(25-4)13-20(18)26-5/h6-13,16H,14-15H2,1-5H3/p+1/t16-/m0/s1. The van der Waals surface area contributed by atoms with Gasteiger partial charge in [-0.3, -0.25) is 4.79 Å². The number of benzene rings is 2. The van der Waals surface area contributed by atoms with Crippen LogP contribution in [-0.2, 0) is 17.9 Å². The lowest BCUT2D eigenvalue weighted by Crippen LogP contribution is -3.12. The molecule has 1 amide bonds. The summed E-state index contributed by atoms with van der Waals surface area (Å²) in [5.74, 6) is 1.66. The van der Waals surface area contributed by atoms with E-state index in [9.17, 15) is 4.79 Å². The van der Waals surface area contributed by atoms with Crippen molar-refractivity contribution in [2.24, 2.45) is 0 Å². The van der Waals surface area contributed by atoms with Gasteiger partial charge in [-0.1, -0.05) is 30.3 Å². The van der Waals surface area contributed by atoms with Gasteiger partial charge in [0.1, 0.15) is 18.0 Å². The van der Waals surface area contributed by atoms with E-state index in [2.05, 4.69) is 0 Å². The quantitative estimate of drug-likeness (QED) is 0.783. The average Bonchev–Trinajstić information content (AvgIpc) is 2.67. The Morgan fingerprint density at radius 1 is 1.12 bits per heavy atom. The zero-order valence-corrected chi connectivity index (χ0v) is 16.3. The van der Waals surface area contributed by atoms with E-state index in [1.165, 1.54) is 0 Å². The number of nitrogens with zero attached hydrogens (tertiary/aromatic N) is 1. The van der Waals surface area contributed by atoms with Gasteiger partial charge in [-0.15, -0.1) is 0 Å². The molecular formula is C21H29N2O3+. The highest BCUT2D eigenvalue weighted by molar-refractivity contribution is 5.79. The van der Waals surface area contributed by atoms with E-state index in [0.717, 1.165) is 27.5 Å². The molecule has 0 saturated heterocycles. The summed E-state index contributed by atoms with van der Waals surface area (Å²) in [4.78, 5) is 15.7. The van der Waals surface area contributed by atoms with Crippen LogP contribution in [-0.4, -0.2) is 45.2 Å². The van der Waals surface area contributed by atoms with Crippen molar-refractivity contribution in [3.05, 3.63) is 59.7 Å². The maximum absolute atomic E-state index is 12.8. The molecule has 0 aliphatic heterocycles. The van der Waals surface area contributed by atoms with Gasteiger partial charge < -0.3 is 19.3 Å². The molecule has 26 heavy (non-hydrogen) atoms. The van der Waals surface area contributed by atoms with Crippen molar-refractivity contribution in [2.75, 3.05) is 28.3 Å². The number of amides is 1. The van der Waals surface area contributed by atoms with E-state index in [1.807, 2.05) is 69.6 Å². The van der Waals surface area contributed by atoms with E-state index in [4.69, 9.17) is 9.47 Å². The molecule has 140 valence electrons. The first-order valence-corrected chi connectivity index (χ1v) is 8.78. The lowest BCUT2D eigenvalue weighted by atomic mass is 10.1. The number of nitrogens with one attached hydrogen (secondary N) is 1. The summed E-state index contributed by atoms with van der Waals surface area (Å²) in [6.45, 7) is 3.28. The predicted octanol–water partition coefficient (Wildman–Crippen LogP) is 1.77. The fourth-order valence-electron chi connectivity index (χ4n) is 2.93. The molecule has 5 nitrogen and oxygen atoms in total. The Balaban J connectivity index is 2.02. The SMILES string of the molecule is COc1ccc(C[NH+](C)[C@@H](C)C(=O)N(C)Cc2ccccc2)c(OC)c1. The molecule has 2 aromatic rings. The number of rotatable bonds is 8. The Morgan fingerprint density at radius 2 is 1.81 bits per heavy atom. The van der Waals surface area contributed by atoms with Crippen LogP contribution in [0.1, 0.15) is 18.1 Å². The maximum atomic E-state index is 12.8. The van der Waals surface area contributed by atoms with Crippen molar-refractivity contribution in [3.8, 4) is 11.5 Å². The highest BCUT2D eigenvalue weighted by Crippen LogP contribution is 2.23. The Hall–Kier alpha value is -2.53. The second kappa shape index (κ2) is 9.25. The van der Waals surface area contributed by atoms with Crippen LogP contribution >= 0.6 is 0 Å². The zero-order valence-electron chi connectivity index (χ0n) is 16.3. The van der Waals surface area contributed by atoms with Crippen LogP contribution in [0.5, 0.6) is 11.5 Å². The summed E-state index contributed by atoms with van der Waals surface area (Å²) in [5, 5.41) is 0. The lowest BCUT2D eigenvalue weighted by Gasteiger charge is -2.26. The Kier molecular flexibility index (Phi) is 7.04. The van der Waals surface area contributed by atoms with Gasteiger partial charge in [-0.05, 0) is 24.6 Å². The normalized spacial score (nSPS) is 13.0. The predicted molar refractivity (Wildman–Crippen MR) is 103 cm³/mol. The third-order valence-corrected chi connectivity index (χ3v) is 4.71. The first kappa shape index (κ1) is 19.8. The van der Waals surface area contributed by atoms with Crippen LogP contribution < -0.4 is 14.4 Å². The van der Waals surface area contributed by atoms with E-state index < -0.39 is 0 Å². The minimum absolute atomic E-state index is 0.124. The van der Waals surface area contributed by atoms with Crippen LogP contribution in [0.2, 0.25) is 0 Å². The molecule has 0 aromatic heterocycles. The number of hydrogen-bond acceptors (Lipinski definition) is 3. The second-order valence-corrected chi connectivity index (χ2v) is 6.60. The minimum atomic E-state index is -0.157. The Bertz CT molecular complexity index is 718. The van der Waals surface area contributed by atoms with Gasteiger partial charge in [0.25, 0.3) is 5.91 Å². The average molecular weight is 357 g/mol. The van der Waals surface area contributed by atoms with Gasteiger partial charge in [-0.2, -0.15) is 0 Å². The summed E-state index contributed by atoms with van der Waals surface area (Å²) in [7, 11) is 7.17. The van der Waals surface area contributed by atoms with Gasteiger partial charge in [0.05, 0.1) is 21.3 Å². The summed E-state index contributed by atoms with van der Waals surface area (Å²) < 4.78 is 10.7. The van der Waals surface area contributed by atoms with E-state index in [0.29, 0.717) is 13.1 Å². The van der Waals surface area contributed by atoms with Gasteiger partial charge in [-0.25, -0.2) is 0 Å². The number of likely N-dealkylation sites (N-methyl/N-ethyl adjacent to an activating group) is 2. The Labute approximate surface area is 156 Å². The third-order valence-electron chi connectivity index (χ3n) is 4.71. The van der Waals surface area contributed by atoms with Crippen molar-refractivity contribution in [2.45, 2.75) is 26.1 Å². The van der Waals surface area contributed by atoms with Gasteiger partial charge in [0.2, 0.25) is 0 Å². The maximum Gasteiger partial charge on any atom is 0.280 e. The highest BCUT2D eigenvalue weighted by atomic mass is 16.5. The lowest BCUT2D eigenvalue weighted by molar-refractivity contribution is -0.908. The molecule has 0 bridgehead atoms. The molecule has 0 radical (unpaired) electrons. The molecule has 1 unspecified atom stereocenters. The topological polar surface area (TPSA) is 43.2 Å². The molecule has 0 aliphatic rings. The highest BCUT2D eigenvalue weighted by Gasteiger charge is 2.26. The first-order valence-electron chi connectivity index (χ1n) is 8.78. The number of hydrogen-bond donors (Lipinski definition) is 1. The molecular weight excluding hydrogens is 328 g/mol. The Morgan fingerprint density at radius 3 is 2.42 bits per heavy atom. The van der Waals surface area contributed by atoms with Crippen molar-refractivity contribution in [1.82, 2.24) is 4.90 Å². The summed E-state index contributed by atoms with van der Waals surface area (Å²) in [6, 6.07) is 15.7. The van der Waals surface area contributed by atoms with Crippen LogP contribution in [0, 0.1) is 0 Å². The fraction of sp³-hybridized carbons (Fsp3) is 0.381. The molecule has 0 spiro atoms. The number of ether oxygens (including phenoxy) is 2. The van der Waals surface area contributed by atoms with Gasteiger partial charge in [0, 0.05) is 25.2 Å². The van der Waals surface area contributed by atoms with Crippen LogP contribution in [0.3, 0.4) is 0 Å². The van der Waals surface area contributed by atoms with Crippen molar-refractivity contribution in [1.29, 1.82) is 0 Å². The van der Waals surface area contributed by atoms with Crippen LogP contribution in [0.4, 0.5) is 0 Å². The molecule has 2 rings (SSSR count). The van der Waals surface area contributed by atoms with Gasteiger partial charge in [0.15, 0.2) is 6.04 Å². The summed E-state index contributed by atoms with van der Waals surface area (Å²) >= 11 is 0. The summed E-state index contributed by atoms with van der Waals surface area (Å²) in [5.41, 5.74) is 2.18. The molecule has 1 N–H and O–H groups in total. The van der Waals surface area contributed by atoms with E-state index in [-0.39, 0.29) is 11.9 Å². The molecule has 0 fully saturated rings. The van der Waals surface area contributed by atoms with Crippen molar-refractivity contribution in [3.63, 3.8) is 0 Å². The second-order valence-electron chi connectivity index (χ2n) is 6.60. The number of carbonyl (C=O) groups is 1. The monoisotopic (exact) mass is 357 g/mol. The fourth-order valence-corrected chi connectivity index (χ4v) is 2.93. The molecule has 2 aromatic carbocycles. The minimum Gasteiger partial charge on any atom is -0.497 e. The van der Waals surface area contributed by atoms with Crippen LogP contribution in [0.15, 0.2) is 48.5 Å². The molecule has 2 atom stereocenters. The van der Waals surface area contributed by atoms with E-state index >= 15 is 0 Å². The smallest absolute Gasteiger partial charge is 0.280 e.